The molecule has 3 N–H and O–H groups in total. The molecule has 0 aliphatic carbocycles. The summed E-state index contributed by atoms with van der Waals surface area (Å²) in [5.41, 5.74) is 6.69. The predicted octanol–water partition coefficient (Wildman–Crippen LogP) is 1.49. The Kier molecular flexibility index (Phi) is 4.24. The van der Waals surface area contributed by atoms with Crippen LogP contribution < -0.4 is 16.0 Å². The first kappa shape index (κ1) is 13.4. The van der Waals surface area contributed by atoms with E-state index in [9.17, 15) is 4.79 Å². The van der Waals surface area contributed by atoms with Gasteiger partial charge in [0.25, 0.3) is 0 Å². The lowest BCUT2D eigenvalue weighted by molar-refractivity contribution is -0.123. The molecule has 1 aliphatic rings. The van der Waals surface area contributed by atoms with E-state index < -0.39 is 0 Å². The molecule has 1 saturated heterocycles. The molecule has 1 aliphatic heterocycles. The van der Waals surface area contributed by atoms with E-state index in [0.717, 1.165) is 10.2 Å². The Hall–Kier alpha value is -1.07. The van der Waals surface area contributed by atoms with Crippen LogP contribution in [0, 0.1) is 0 Å². The number of carbonyl (C=O) groups excluding carboxylic acids is 1. The lowest BCUT2D eigenvalue weighted by Gasteiger charge is -2.41. The van der Waals surface area contributed by atoms with E-state index in [2.05, 4.69) is 33.1 Å². The summed E-state index contributed by atoms with van der Waals surface area (Å²) in [5, 5.41) is 2.93. The van der Waals surface area contributed by atoms with Crippen molar-refractivity contribution in [1.82, 2.24) is 5.32 Å². The van der Waals surface area contributed by atoms with Crippen LogP contribution in [0.2, 0.25) is 0 Å². The van der Waals surface area contributed by atoms with Crippen molar-refractivity contribution in [2.24, 2.45) is 5.73 Å². The Balaban J connectivity index is 2.30. The molecule has 1 aromatic rings. The van der Waals surface area contributed by atoms with Crippen LogP contribution in [0.5, 0.6) is 0 Å². The van der Waals surface area contributed by atoms with Crippen LogP contribution in [0.25, 0.3) is 0 Å². The van der Waals surface area contributed by atoms with Gasteiger partial charge in [0, 0.05) is 22.7 Å². The Labute approximate surface area is 116 Å². The van der Waals surface area contributed by atoms with Crippen LogP contribution in [0.15, 0.2) is 28.7 Å². The van der Waals surface area contributed by atoms with Crippen LogP contribution in [0.4, 0.5) is 5.69 Å². The average Bonchev–Trinajstić information content (AvgIpc) is 2.36. The molecule has 5 heteroatoms. The van der Waals surface area contributed by atoms with Gasteiger partial charge in [-0.15, -0.1) is 0 Å². The maximum Gasteiger partial charge on any atom is 0.242 e. The summed E-state index contributed by atoms with van der Waals surface area (Å²) in [6.45, 7) is 3.30. The summed E-state index contributed by atoms with van der Waals surface area (Å²) in [7, 11) is 0. The van der Waals surface area contributed by atoms with E-state index in [1.54, 1.807) is 0 Å². The first-order chi connectivity index (χ1) is 8.63. The number of amides is 1. The zero-order valence-corrected chi connectivity index (χ0v) is 12.0. The van der Waals surface area contributed by atoms with Gasteiger partial charge in [-0.2, -0.15) is 0 Å². The Morgan fingerprint density at radius 2 is 2.11 bits per heavy atom. The number of nitrogens with zero attached hydrogens (tertiary/aromatic N) is 1. The van der Waals surface area contributed by atoms with E-state index in [1.807, 2.05) is 24.3 Å². The van der Waals surface area contributed by atoms with Crippen molar-refractivity contribution in [3.63, 3.8) is 0 Å². The highest BCUT2D eigenvalue weighted by atomic mass is 79.9. The highest BCUT2D eigenvalue weighted by Crippen LogP contribution is 2.25. The zero-order chi connectivity index (χ0) is 13.1. The van der Waals surface area contributed by atoms with Crippen molar-refractivity contribution >= 4 is 27.5 Å². The van der Waals surface area contributed by atoms with E-state index in [1.165, 1.54) is 0 Å². The number of nitrogens with one attached hydrogen (secondary N) is 1. The summed E-state index contributed by atoms with van der Waals surface area (Å²) in [6, 6.07) is 8.16. The molecule has 18 heavy (non-hydrogen) atoms. The summed E-state index contributed by atoms with van der Waals surface area (Å²) >= 11 is 3.42. The summed E-state index contributed by atoms with van der Waals surface area (Å²) in [4.78, 5) is 14.1. The fraction of sp³-hybridized carbons (Fsp3) is 0.462. The van der Waals surface area contributed by atoms with Crippen LogP contribution in [0.1, 0.15) is 13.3 Å². The summed E-state index contributed by atoms with van der Waals surface area (Å²) < 4.78 is 1.04. The Bertz CT molecular complexity index is 421. The Morgan fingerprint density at radius 3 is 2.72 bits per heavy atom. The first-order valence-electron chi connectivity index (χ1n) is 6.15. The SMILES string of the molecule is CC1CNC(=O)C(CCN)N1c1ccc(Br)cc1. The minimum Gasteiger partial charge on any atom is -0.355 e. The lowest BCUT2D eigenvalue weighted by atomic mass is 10.0. The monoisotopic (exact) mass is 311 g/mol. The minimum atomic E-state index is -0.167. The maximum atomic E-state index is 12.0. The topological polar surface area (TPSA) is 58.4 Å². The second-order valence-electron chi connectivity index (χ2n) is 4.57. The third-order valence-electron chi connectivity index (χ3n) is 3.25. The van der Waals surface area contributed by atoms with Gasteiger partial charge in [-0.3, -0.25) is 4.79 Å². The van der Waals surface area contributed by atoms with Crippen LogP contribution >= 0.6 is 15.9 Å². The molecule has 0 radical (unpaired) electrons. The van der Waals surface area contributed by atoms with Crippen molar-refractivity contribution in [3.05, 3.63) is 28.7 Å². The molecular formula is C13H18BrN3O. The van der Waals surface area contributed by atoms with Crippen LogP contribution in [0.3, 0.4) is 0 Å². The van der Waals surface area contributed by atoms with Crippen molar-refractivity contribution in [1.29, 1.82) is 0 Å². The number of anilines is 1. The third kappa shape index (κ3) is 2.67. The van der Waals surface area contributed by atoms with Crippen molar-refractivity contribution in [3.8, 4) is 0 Å². The molecule has 98 valence electrons. The molecule has 1 fully saturated rings. The van der Waals surface area contributed by atoms with E-state index in [4.69, 9.17) is 5.73 Å². The number of nitrogens with two attached hydrogens (primary N) is 1. The summed E-state index contributed by atoms with van der Waals surface area (Å²) in [5.74, 6) is 0.0708. The molecular weight excluding hydrogens is 294 g/mol. The molecule has 0 saturated carbocycles. The van der Waals surface area contributed by atoms with Crippen molar-refractivity contribution in [2.75, 3.05) is 18.0 Å². The van der Waals surface area contributed by atoms with Crippen molar-refractivity contribution < 1.29 is 4.79 Å². The highest BCUT2D eigenvalue weighted by Gasteiger charge is 2.33. The normalized spacial score (nSPS) is 23.9. The summed E-state index contributed by atoms with van der Waals surface area (Å²) in [6.07, 6.45) is 0.673. The lowest BCUT2D eigenvalue weighted by Crippen LogP contribution is -2.60. The number of carbonyl (C=O) groups is 1. The number of rotatable bonds is 3. The van der Waals surface area contributed by atoms with Gasteiger partial charge in [0.2, 0.25) is 5.91 Å². The first-order valence-corrected chi connectivity index (χ1v) is 6.94. The van der Waals surface area contributed by atoms with Crippen LogP contribution in [-0.4, -0.2) is 31.1 Å². The van der Waals surface area contributed by atoms with E-state index in [0.29, 0.717) is 19.5 Å². The van der Waals surface area contributed by atoms with Gasteiger partial charge in [0.05, 0.1) is 0 Å². The quantitative estimate of drug-likeness (QED) is 0.889. The maximum absolute atomic E-state index is 12.0. The standard InChI is InChI=1S/C13H18BrN3O/c1-9-8-16-13(18)12(6-7-15)17(9)11-4-2-10(14)3-5-11/h2-5,9,12H,6-8,15H2,1H3,(H,16,18). The van der Waals surface area contributed by atoms with E-state index in [-0.39, 0.29) is 18.0 Å². The molecule has 2 atom stereocenters. The van der Waals surface area contributed by atoms with Gasteiger partial charge in [-0.1, -0.05) is 15.9 Å². The third-order valence-corrected chi connectivity index (χ3v) is 3.78. The fourth-order valence-electron chi connectivity index (χ4n) is 2.37. The minimum absolute atomic E-state index is 0.0708. The molecule has 0 spiro atoms. The molecule has 0 aromatic heterocycles. The molecule has 1 aromatic carbocycles. The van der Waals surface area contributed by atoms with Gasteiger partial charge in [-0.25, -0.2) is 0 Å². The predicted molar refractivity (Wildman–Crippen MR) is 76.6 cm³/mol. The van der Waals surface area contributed by atoms with Gasteiger partial charge in [-0.05, 0) is 44.2 Å². The number of hydrogen-bond donors (Lipinski definition) is 2. The largest absolute Gasteiger partial charge is 0.355 e. The van der Waals surface area contributed by atoms with E-state index >= 15 is 0 Å². The molecule has 2 unspecified atom stereocenters. The van der Waals surface area contributed by atoms with Gasteiger partial charge in [0.1, 0.15) is 6.04 Å². The van der Waals surface area contributed by atoms with Crippen LogP contribution in [-0.2, 0) is 4.79 Å². The highest BCUT2D eigenvalue weighted by molar-refractivity contribution is 9.10. The molecule has 1 amide bonds. The van der Waals surface area contributed by atoms with Gasteiger partial charge in [0.15, 0.2) is 0 Å². The molecule has 4 nitrogen and oxygen atoms in total. The molecule has 1 heterocycles. The molecule has 2 rings (SSSR count). The average molecular weight is 312 g/mol. The number of hydrogen-bond acceptors (Lipinski definition) is 3. The second-order valence-corrected chi connectivity index (χ2v) is 5.49. The number of benzene rings is 1. The number of halogens is 1. The second kappa shape index (κ2) is 5.71. The number of piperazine rings is 1. The van der Waals surface area contributed by atoms with Gasteiger partial charge < -0.3 is 16.0 Å². The van der Waals surface area contributed by atoms with Crippen molar-refractivity contribution in [2.45, 2.75) is 25.4 Å². The smallest absolute Gasteiger partial charge is 0.242 e. The van der Waals surface area contributed by atoms with Gasteiger partial charge >= 0.3 is 0 Å². The Morgan fingerprint density at radius 1 is 1.44 bits per heavy atom. The zero-order valence-electron chi connectivity index (χ0n) is 10.4. The molecule has 0 bridgehead atoms. The fourth-order valence-corrected chi connectivity index (χ4v) is 2.64.